The van der Waals surface area contributed by atoms with E-state index in [2.05, 4.69) is 80.6 Å². The van der Waals surface area contributed by atoms with Gasteiger partial charge < -0.3 is 48.1 Å². The van der Waals surface area contributed by atoms with Crippen molar-refractivity contribution in [1.29, 1.82) is 0 Å². The molecule has 4 aromatic rings. The Bertz CT molecular complexity index is 2640. The van der Waals surface area contributed by atoms with Crippen LogP contribution in [0, 0.1) is 11.3 Å². The summed E-state index contributed by atoms with van der Waals surface area (Å²) >= 11 is 1.47. The van der Waals surface area contributed by atoms with Crippen LogP contribution >= 0.6 is 11.3 Å². The predicted molar refractivity (Wildman–Crippen MR) is 278 cm³/mol. The Labute approximate surface area is 433 Å². The van der Waals surface area contributed by atoms with Crippen molar-refractivity contribution in [2.75, 3.05) is 105 Å². The molecule has 2 N–H and O–H groups in total. The lowest BCUT2D eigenvalue weighted by atomic mass is 9.84. The van der Waals surface area contributed by atoms with Crippen LogP contribution in [0.25, 0.3) is 33.4 Å². The Morgan fingerprint density at radius 1 is 1.04 bits per heavy atom. The minimum atomic E-state index is -1.07. The number of esters is 1. The number of cyclic esters (lactones) is 1. The molecule has 5 fully saturated rings. The summed E-state index contributed by atoms with van der Waals surface area (Å²) < 4.78 is 38.8. The Balaban J connectivity index is 1.14. The number of piperazine rings is 1. The van der Waals surface area contributed by atoms with E-state index in [-0.39, 0.29) is 36.5 Å². The highest BCUT2D eigenvalue weighted by Crippen LogP contribution is 2.44. The summed E-state index contributed by atoms with van der Waals surface area (Å²) in [7, 11) is 5.59. The van der Waals surface area contributed by atoms with Gasteiger partial charge in [-0.3, -0.25) is 29.3 Å². The lowest BCUT2D eigenvalue weighted by molar-refractivity contribution is -0.166. The molecule has 9 heterocycles. The molecule has 396 valence electrons. The van der Waals surface area contributed by atoms with Crippen LogP contribution in [0.5, 0.6) is 0 Å². The van der Waals surface area contributed by atoms with Crippen LogP contribution in [0.1, 0.15) is 88.7 Å². The molecule has 0 aliphatic carbocycles. The quantitative estimate of drug-likeness (QED) is 0.173. The lowest BCUT2D eigenvalue weighted by Crippen LogP contribution is -2.68. The van der Waals surface area contributed by atoms with Crippen molar-refractivity contribution in [2.45, 2.75) is 115 Å². The number of anilines is 1. The number of carbonyl (C=O) groups excluding carboxylic acids is 3. The molecule has 6 aliphatic heterocycles. The zero-order valence-corrected chi connectivity index (χ0v) is 44.8. The first-order chi connectivity index (χ1) is 35.1. The van der Waals surface area contributed by atoms with Gasteiger partial charge in [0.05, 0.1) is 72.6 Å². The van der Waals surface area contributed by atoms with Gasteiger partial charge in [0.15, 0.2) is 0 Å². The maximum Gasteiger partial charge on any atom is 0.324 e. The highest BCUT2D eigenvalue weighted by molar-refractivity contribution is 7.10. The van der Waals surface area contributed by atoms with Gasteiger partial charge in [0.1, 0.15) is 23.2 Å². The summed E-state index contributed by atoms with van der Waals surface area (Å²) in [6.45, 7) is 18.4. The molecule has 19 heteroatoms. The van der Waals surface area contributed by atoms with Crippen LogP contribution in [0.2, 0.25) is 0 Å². The molecule has 5 saturated heterocycles. The number of rotatable bonds is 12. The number of hydrazine groups is 1. The van der Waals surface area contributed by atoms with Crippen LogP contribution in [-0.4, -0.2) is 177 Å². The van der Waals surface area contributed by atoms with Crippen LogP contribution in [0.3, 0.4) is 0 Å². The van der Waals surface area contributed by atoms with E-state index in [9.17, 15) is 9.59 Å². The highest BCUT2D eigenvalue weighted by atomic mass is 32.1. The third kappa shape index (κ3) is 10.8. The van der Waals surface area contributed by atoms with Crippen LogP contribution in [0.4, 0.5) is 5.69 Å². The SMILES string of the molecule is CO[C@@H](C)c1ncc(N2CCN(C)CC2)cc1-c1c2c3cc(ccc3n1CCOC1CCOCC1)-c1csc(n1)[C@@H](N1CC(C)(OC)C1)[C@H](NC(=O)[C@H]1OC[C@@H]1C)C(=O)N1CCC[C@H](N1)C(=O)OCC(C)(C)C2. The number of benzene rings is 1. The number of hydrogen-bond donors (Lipinski definition) is 2. The zero-order valence-electron chi connectivity index (χ0n) is 43.9. The Kier molecular flexibility index (Phi) is 15.3. The second-order valence-corrected chi connectivity index (χ2v) is 23.1. The molecular weight excluding hydrogens is 951 g/mol. The van der Waals surface area contributed by atoms with Crippen molar-refractivity contribution >= 4 is 45.7 Å². The third-order valence-electron chi connectivity index (χ3n) is 16.0. The first kappa shape index (κ1) is 51.9. The minimum absolute atomic E-state index is 0.00151. The number of thiazole rings is 1. The van der Waals surface area contributed by atoms with Crippen LogP contribution in [0.15, 0.2) is 35.8 Å². The number of amides is 2. The fraction of sp³-hybridized carbons (Fsp3) is 0.648. The van der Waals surface area contributed by atoms with Crippen molar-refractivity contribution in [1.82, 2.24) is 40.1 Å². The summed E-state index contributed by atoms with van der Waals surface area (Å²) in [6.07, 6.45) is 4.42. The number of pyridine rings is 1. The van der Waals surface area contributed by atoms with Gasteiger partial charge in [0.25, 0.3) is 5.91 Å². The van der Waals surface area contributed by atoms with Gasteiger partial charge in [-0.25, -0.2) is 10.4 Å². The van der Waals surface area contributed by atoms with Gasteiger partial charge >= 0.3 is 5.97 Å². The molecule has 0 radical (unpaired) electrons. The molecule has 0 spiro atoms. The van der Waals surface area contributed by atoms with Gasteiger partial charge in [-0.2, -0.15) is 0 Å². The number of carbonyl (C=O) groups is 3. The average molecular weight is 1030 g/mol. The molecule has 1 aromatic carbocycles. The second kappa shape index (κ2) is 21.6. The monoisotopic (exact) mass is 1030 g/mol. The molecule has 3 aromatic heterocycles. The van der Waals surface area contributed by atoms with Gasteiger partial charge in [-0.15, -0.1) is 11.3 Å². The van der Waals surface area contributed by atoms with E-state index in [4.69, 9.17) is 38.4 Å². The number of fused-ring (bicyclic) bond motifs is 6. The summed E-state index contributed by atoms with van der Waals surface area (Å²) in [5, 5.41) is 8.43. The highest BCUT2D eigenvalue weighted by Gasteiger charge is 2.50. The van der Waals surface area contributed by atoms with Gasteiger partial charge in [-0.05, 0) is 76.8 Å². The Hall–Kier alpha value is -4.57. The number of likely N-dealkylation sites (N-methyl/N-ethyl adjacent to an activating group) is 1. The van der Waals surface area contributed by atoms with Crippen LogP contribution < -0.4 is 15.6 Å². The largest absolute Gasteiger partial charge is 0.464 e. The molecule has 6 aliphatic rings. The summed E-state index contributed by atoms with van der Waals surface area (Å²) in [6, 6.07) is 6.36. The van der Waals surface area contributed by atoms with E-state index < -0.39 is 41.2 Å². The first-order valence-electron chi connectivity index (χ1n) is 26.3. The molecule has 73 heavy (non-hydrogen) atoms. The molecule has 2 amide bonds. The van der Waals surface area contributed by atoms with Crippen molar-refractivity contribution < 1.29 is 42.8 Å². The summed E-state index contributed by atoms with van der Waals surface area (Å²) in [5.41, 5.74) is 9.95. The fourth-order valence-corrected chi connectivity index (χ4v) is 12.4. The molecule has 6 atom stereocenters. The first-order valence-corrected chi connectivity index (χ1v) is 27.2. The summed E-state index contributed by atoms with van der Waals surface area (Å²) in [4.78, 5) is 61.0. The fourth-order valence-electron chi connectivity index (χ4n) is 11.4. The number of hydrogen-bond acceptors (Lipinski definition) is 16. The van der Waals surface area contributed by atoms with Crippen molar-refractivity contribution in [3.63, 3.8) is 0 Å². The maximum atomic E-state index is 15.1. The molecule has 10 rings (SSSR count). The number of nitrogens with zero attached hydrogens (tertiary/aromatic N) is 7. The molecular formula is C54H75N9O9S. The molecule has 6 bridgehead atoms. The van der Waals surface area contributed by atoms with E-state index in [0.29, 0.717) is 76.9 Å². The Morgan fingerprint density at radius 3 is 2.53 bits per heavy atom. The third-order valence-corrected chi connectivity index (χ3v) is 16.9. The number of ether oxygens (including phenoxy) is 6. The lowest BCUT2D eigenvalue weighted by Gasteiger charge is -2.51. The Morgan fingerprint density at radius 2 is 1.82 bits per heavy atom. The zero-order chi connectivity index (χ0) is 51.2. The summed E-state index contributed by atoms with van der Waals surface area (Å²) in [5.74, 6) is -1.14. The van der Waals surface area contributed by atoms with Crippen molar-refractivity contribution in [2.24, 2.45) is 11.3 Å². The van der Waals surface area contributed by atoms with E-state index >= 15 is 4.79 Å². The normalized spacial score (nSPS) is 26.7. The van der Waals surface area contributed by atoms with E-state index in [0.717, 1.165) is 89.4 Å². The smallest absolute Gasteiger partial charge is 0.324 e. The van der Waals surface area contributed by atoms with Crippen molar-refractivity contribution in [3.8, 4) is 22.5 Å². The van der Waals surface area contributed by atoms with Gasteiger partial charge in [-0.1, -0.05) is 26.8 Å². The number of methoxy groups -OCH3 is 2. The standard InChI is InChI=1S/C54H75N9O9S/c1-33-28-71-48(33)49(64)57-45-47(61-30-54(5,31-61)68-8)50-56-42(29-73-50)35-11-12-43-38(24-35)40(26-53(3,4)32-72-52(66)41-10-9-15-63(58-41)51(45)65)46(62(43)20-23-70-37-13-21-69-22-14-37)39-25-36(27-55-44(39)34(2)67-7)60-18-16-59(6)17-19-60/h11-12,24-25,27,29,33-34,37,41,45,47-48,58H,9-10,13-23,26,28,30-32H2,1-8H3,(H,57,64)/t33-,34-,41-,45-,47-,48-/m0/s1. The maximum absolute atomic E-state index is 15.1. The molecule has 0 unspecified atom stereocenters. The number of aromatic nitrogens is 3. The molecule has 18 nitrogen and oxygen atoms in total. The minimum Gasteiger partial charge on any atom is -0.464 e. The van der Waals surface area contributed by atoms with Crippen molar-refractivity contribution in [3.05, 3.63) is 52.1 Å². The number of nitrogens with one attached hydrogen (secondary N) is 2. The van der Waals surface area contributed by atoms with E-state index in [1.54, 1.807) is 14.2 Å². The van der Waals surface area contributed by atoms with Gasteiger partial charge in [0.2, 0.25) is 5.91 Å². The second-order valence-electron chi connectivity index (χ2n) is 22.2. The average Bonchev–Trinajstić information content (AvgIpc) is 3.98. The van der Waals surface area contributed by atoms with Gasteiger partial charge in [0, 0.05) is 119 Å². The molecule has 0 saturated carbocycles. The predicted octanol–water partition coefficient (Wildman–Crippen LogP) is 5.38. The number of likely N-dealkylation sites (tertiary alicyclic amines) is 1. The van der Waals surface area contributed by atoms with E-state index in [1.165, 1.54) is 16.3 Å². The van der Waals surface area contributed by atoms with E-state index in [1.807, 2.05) is 27.0 Å². The topological polar surface area (TPSA) is 174 Å². The van der Waals surface area contributed by atoms with Crippen LogP contribution in [-0.2, 0) is 55.8 Å².